The van der Waals surface area contributed by atoms with E-state index in [1.54, 1.807) is 6.92 Å². The van der Waals surface area contributed by atoms with E-state index in [1.807, 2.05) is 0 Å². The molecule has 6 heteroatoms. The van der Waals surface area contributed by atoms with Gasteiger partial charge in [0.05, 0.1) is 18.9 Å². The predicted molar refractivity (Wildman–Crippen MR) is 67.4 cm³/mol. The van der Waals surface area contributed by atoms with E-state index in [4.69, 9.17) is 9.84 Å². The second kappa shape index (κ2) is 7.76. The molecule has 2 atom stereocenters. The molecule has 0 aromatic carbocycles. The second-order valence-electron chi connectivity index (χ2n) is 4.77. The van der Waals surface area contributed by atoms with Gasteiger partial charge in [-0.15, -0.1) is 0 Å². The molecule has 1 amide bonds. The molecule has 2 unspecified atom stereocenters. The van der Waals surface area contributed by atoms with Crippen molar-refractivity contribution in [1.29, 1.82) is 0 Å². The third-order valence-corrected chi connectivity index (χ3v) is 3.25. The van der Waals surface area contributed by atoms with Crippen LogP contribution in [0.2, 0.25) is 0 Å². The van der Waals surface area contributed by atoms with Gasteiger partial charge in [0.2, 0.25) is 5.91 Å². The van der Waals surface area contributed by atoms with Crippen molar-refractivity contribution in [2.75, 3.05) is 6.61 Å². The summed E-state index contributed by atoms with van der Waals surface area (Å²) in [5.74, 6) is -1.77. The highest BCUT2D eigenvalue weighted by Gasteiger charge is 2.27. The molecule has 108 valence electrons. The summed E-state index contributed by atoms with van der Waals surface area (Å²) in [6, 6.07) is -0.0930. The molecular formula is C13H21NO5. The molecular weight excluding hydrogens is 250 g/mol. The van der Waals surface area contributed by atoms with Crippen molar-refractivity contribution in [3.05, 3.63) is 0 Å². The van der Waals surface area contributed by atoms with E-state index < -0.39 is 5.97 Å². The molecule has 0 aromatic rings. The van der Waals surface area contributed by atoms with Gasteiger partial charge in [0.25, 0.3) is 0 Å². The SMILES string of the molecule is CCOC(=O)CCC(=O)NC1CCCC(C(=O)O)C1. The van der Waals surface area contributed by atoms with Crippen molar-refractivity contribution in [2.45, 2.75) is 51.5 Å². The first-order chi connectivity index (χ1) is 9.02. The lowest BCUT2D eigenvalue weighted by atomic mass is 9.86. The highest BCUT2D eigenvalue weighted by Crippen LogP contribution is 2.24. The van der Waals surface area contributed by atoms with Crippen LogP contribution >= 0.6 is 0 Å². The zero-order valence-corrected chi connectivity index (χ0v) is 11.2. The largest absolute Gasteiger partial charge is 0.481 e. The number of esters is 1. The van der Waals surface area contributed by atoms with Crippen LogP contribution in [0, 0.1) is 5.92 Å². The normalized spacial score (nSPS) is 22.6. The number of carboxylic acids is 1. The van der Waals surface area contributed by atoms with Crippen molar-refractivity contribution >= 4 is 17.8 Å². The lowest BCUT2D eigenvalue weighted by molar-refractivity contribution is -0.144. The minimum absolute atomic E-state index is 0.0642. The number of nitrogens with one attached hydrogen (secondary N) is 1. The van der Waals surface area contributed by atoms with Gasteiger partial charge in [-0.2, -0.15) is 0 Å². The van der Waals surface area contributed by atoms with E-state index in [0.29, 0.717) is 19.4 Å². The molecule has 0 aliphatic heterocycles. The van der Waals surface area contributed by atoms with E-state index in [0.717, 1.165) is 12.8 Å². The second-order valence-corrected chi connectivity index (χ2v) is 4.77. The number of rotatable bonds is 6. The van der Waals surface area contributed by atoms with Crippen LogP contribution in [0.5, 0.6) is 0 Å². The van der Waals surface area contributed by atoms with Gasteiger partial charge in [-0.3, -0.25) is 14.4 Å². The fourth-order valence-electron chi connectivity index (χ4n) is 2.29. The van der Waals surface area contributed by atoms with Crippen LogP contribution < -0.4 is 5.32 Å². The maximum absolute atomic E-state index is 11.6. The van der Waals surface area contributed by atoms with Gasteiger partial charge in [0.15, 0.2) is 0 Å². The van der Waals surface area contributed by atoms with Crippen molar-refractivity contribution in [1.82, 2.24) is 5.32 Å². The molecule has 0 heterocycles. The molecule has 6 nitrogen and oxygen atoms in total. The Bertz CT molecular complexity index is 342. The van der Waals surface area contributed by atoms with Crippen molar-refractivity contribution < 1.29 is 24.2 Å². The Morgan fingerprint density at radius 2 is 2.00 bits per heavy atom. The molecule has 0 spiro atoms. The first-order valence-electron chi connectivity index (χ1n) is 6.70. The molecule has 0 bridgehead atoms. The zero-order valence-electron chi connectivity index (χ0n) is 11.2. The van der Waals surface area contributed by atoms with Crippen LogP contribution in [-0.2, 0) is 19.1 Å². The third-order valence-electron chi connectivity index (χ3n) is 3.25. The van der Waals surface area contributed by atoms with Crippen LogP contribution in [0.4, 0.5) is 0 Å². The first-order valence-corrected chi connectivity index (χ1v) is 6.70. The van der Waals surface area contributed by atoms with Crippen LogP contribution in [0.1, 0.15) is 45.4 Å². The number of hydrogen-bond donors (Lipinski definition) is 2. The Labute approximate surface area is 112 Å². The number of carboxylic acid groups (broad SMARTS) is 1. The number of carbonyl (C=O) groups is 3. The van der Waals surface area contributed by atoms with E-state index >= 15 is 0 Å². The van der Waals surface area contributed by atoms with Gasteiger partial charge in [-0.25, -0.2) is 0 Å². The predicted octanol–water partition coefficient (Wildman–Crippen LogP) is 1.09. The van der Waals surface area contributed by atoms with Gasteiger partial charge in [-0.1, -0.05) is 6.42 Å². The van der Waals surface area contributed by atoms with Gasteiger partial charge >= 0.3 is 11.9 Å². The number of carbonyl (C=O) groups excluding carboxylic acids is 2. The average Bonchev–Trinajstić information content (AvgIpc) is 2.37. The standard InChI is InChI=1S/C13H21NO5/c1-2-19-12(16)7-6-11(15)14-10-5-3-4-9(8-10)13(17)18/h9-10H,2-8H2,1H3,(H,14,15)(H,17,18). The molecule has 1 aliphatic carbocycles. The summed E-state index contributed by atoms with van der Waals surface area (Å²) in [6.07, 6.45) is 2.90. The monoisotopic (exact) mass is 271 g/mol. The highest BCUT2D eigenvalue weighted by molar-refractivity contribution is 5.81. The van der Waals surface area contributed by atoms with E-state index in [9.17, 15) is 14.4 Å². The molecule has 1 saturated carbocycles. The maximum atomic E-state index is 11.6. The van der Waals surface area contributed by atoms with Gasteiger partial charge in [0.1, 0.15) is 0 Å². The summed E-state index contributed by atoms with van der Waals surface area (Å²) in [5, 5.41) is 11.7. The summed E-state index contributed by atoms with van der Waals surface area (Å²) in [6.45, 7) is 2.02. The van der Waals surface area contributed by atoms with Gasteiger partial charge in [-0.05, 0) is 26.2 Å². The first kappa shape index (κ1) is 15.5. The molecule has 0 saturated heterocycles. The topological polar surface area (TPSA) is 92.7 Å². The van der Waals surface area contributed by atoms with Crippen molar-refractivity contribution in [3.8, 4) is 0 Å². The fraction of sp³-hybridized carbons (Fsp3) is 0.769. The Hall–Kier alpha value is -1.59. The fourth-order valence-corrected chi connectivity index (χ4v) is 2.29. The van der Waals surface area contributed by atoms with E-state index in [1.165, 1.54) is 0 Å². The Kier molecular flexibility index (Phi) is 6.32. The number of aliphatic carboxylic acids is 1. The maximum Gasteiger partial charge on any atom is 0.306 e. The van der Waals surface area contributed by atoms with Crippen molar-refractivity contribution in [3.63, 3.8) is 0 Å². The van der Waals surface area contributed by atoms with E-state index in [2.05, 4.69) is 5.32 Å². The smallest absolute Gasteiger partial charge is 0.306 e. The Balaban J connectivity index is 2.28. The molecule has 2 N–H and O–H groups in total. The molecule has 0 radical (unpaired) electrons. The molecule has 1 rings (SSSR count). The minimum Gasteiger partial charge on any atom is -0.481 e. The lowest BCUT2D eigenvalue weighted by Crippen LogP contribution is -2.40. The molecule has 19 heavy (non-hydrogen) atoms. The van der Waals surface area contributed by atoms with Crippen LogP contribution in [0.25, 0.3) is 0 Å². The van der Waals surface area contributed by atoms with Crippen LogP contribution in [0.3, 0.4) is 0 Å². The number of hydrogen-bond acceptors (Lipinski definition) is 4. The highest BCUT2D eigenvalue weighted by atomic mass is 16.5. The quantitative estimate of drug-likeness (QED) is 0.705. The summed E-state index contributed by atoms with van der Waals surface area (Å²) in [5.41, 5.74) is 0. The summed E-state index contributed by atoms with van der Waals surface area (Å²) in [4.78, 5) is 33.6. The minimum atomic E-state index is -0.800. The number of amides is 1. The summed E-state index contributed by atoms with van der Waals surface area (Å²) in [7, 11) is 0. The summed E-state index contributed by atoms with van der Waals surface area (Å²) >= 11 is 0. The Morgan fingerprint density at radius 1 is 1.26 bits per heavy atom. The Morgan fingerprint density at radius 3 is 2.63 bits per heavy atom. The molecule has 1 aliphatic rings. The zero-order chi connectivity index (χ0) is 14.3. The summed E-state index contributed by atoms with van der Waals surface area (Å²) < 4.78 is 4.73. The van der Waals surface area contributed by atoms with Crippen molar-refractivity contribution in [2.24, 2.45) is 5.92 Å². The van der Waals surface area contributed by atoms with Crippen LogP contribution in [0.15, 0.2) is 0 Å². The van der Waals surface area contributed by atoms with Gasteiger partial charge < -0.3 is 15.2 Å². The average molecular weight is 271 g/mol. The lowest BCUT2D eigenvalue weighted by Gasteiger charge is -2.27. The van der Waals surface area contributed by atoms with E-state index in [-0.39, 0.29) is 36.7 Å². The number of ether oxygens (including phenoxy) is 1. The third kappa shape index (κ3) is 5.72. The van der Waals surface area contributed by atoms with Crippen LogP contribution in [-0.4, -0.2) is 35.6 Å². The van der Waals surface area contributed by atoms with Gasteiger partial charge in [0, 0.05) is 12.5 Å². The molecule has 1 fully saturated rings. The molecule has 0 aromatic heterocycles.